The highest BCUT2D eigenvalue weighted by Gasteiger charge is 2.18. The fourth-order valence-corrected chi connectivity index (χ4v) is 4.68. The molecule has 0 unspecified atom stereocenters. The summed E-state index contributed by atoms with van der Waals surface area (Å²) in [5, 5.41) is 0.351. The Kier molecular flexibility index (Phi) is 8.54. The van der Waals surface area contributed by atoms with E-state index < -0.39 is 11.2 Å². The maximum Gasteiger partial charge on any atom is 0.332 e. The standard InChI is InChI=1S/C31H35N3O5/c1-6-7-15-32(3)29(35)24-13-11-22(12-14-24)19-34-30(36)25-17-27(38-4)28(39-5)18-26(25)33(31(34)37)20-23-10-8-9-21(2)16-23/h8-14,16-18H,6-7,15,19-20H2,1-5H3. The number of unbranched alkanes of at least 4 members (excludes halogenated alkanes) is 1. The summed E-state index contributed by atoms with van der Waals surface area (Å²) < 4.78 is 13.7. The molecule has 1 amide bonds. The Morgan fingerprint density at radius 3 is 2.18 bits per heavy atom. The highest BCUT2D eigenvalue weighted by atomic mass is 16.5. The van der Waals surface area contributed by atoms with E-state index in [2.05, 4.69) is 6.92 Å². The van der Waals surface area contributed by atoms with Crippen molar-refractivity contribution >= 4 is 16.8 Å². The molecule has 0 aliphatic heterocycles. The summed E-state index contributed by atoms with van der Waals surface area (Å²) in [6.07, 6.45) is 1.95. The second kappa shape index (κ2) is 12.0. The van der Waals surface area contributed by atoms with Gasteiger partial charge in [0.1, 0.15) is 0 Å². The Bertz CT molecular complexity index is 1600. The van der Waals surface area contributed by atoms with Gasteiger partial charge in [0, 0.05) is 25.2 Å². The first-order valence-corrected chi connectivity index (χ1v) is 13.1. The number of hydrogen-bond acceptors (Lipinski definition) is 5. The molecule has 4 rings (SSSR count). The van der Waals surface area contributed by atoms with Crippen molar-refractivity contribution < 1.29 is 14.3 Å². The highest BCUT2D eigenvalue weighted by Crippen LogP contribution is 2.30. The first-order valence-electron chi connectivity index (χ1n) is 13.1. The molecule has 204 valence electrons. The molecule has 0 fully saturated rings. The smallest absolute Gasteiger partial charge is 0.332 e. The molecular weight excluding hydrogens is 494 g/mol. The summed E-state index contributed by atoms with van der Waals surface area (Å²) in [5.74, 6) is 0.785. The van der Waals surface area contributed by atoms with Gasteiger partial charge in [-0.1, -0.05) is 55.3 Å². The van der Waals surface area contributed by atoms with Gasteiger partial charge in [-0.15, -0.1) is 0 Å². The van der Waals surface area contributed by atoms with Gasteiger partial charge in [0.2, 0.25) is 0 Å². The van der Waals surface area contributed by atoms with E-state index in [-0.39, 0.29) is 19.0 Å². The molecule has 0 N–H and O–H groups in total. The van der Waals surface area contributed by atoms with E-state index >= 15 is 0 Å². The Morgan fingerprint density at radius 1 is 0.872 bits per heavy atom. The molecule has 1 heterocycles. The van der Waals surface area contributed by atoms with E-state index in [4.69, 9.17) is 9.47 Å². The highest BCUT2D eigenvalue weighted by molar-refractivity contribution is 5.94. The van der Waals surface area contributed by atoms with Gasteiger partial charge in [-0.25, -0.2) is 4.79 Å². The van der Waals surface area contributed by atoms with Gasteiger partial charge in [0.25, 0.3) is 11.5 Å². The van der Waals surface area contributed by atoms with Crippen LogP contribution in [0.5, 0.6) is 11.5 Å². The number of aryl methyl sites for hydroxylation is 1. The number of fused-ring (bicyclic) bond motifs is 1. The predicted octanol–water partition coefficient (Wildman–Crippen LogP) is 4.46. The molecule has 4 aromatic rings. The second-order valence-corrected chi connectivity index (χ2v) is 9.75. The van der Waals surface area contributed by atoms with Crippen molar-refractivity contribution in [2.75, 3.05) is 27.8 Å². The summed E-state index contributed by atoms with van der Waals surface area (Å²) in [6.45, 7) is 5.12. The normalized spacial score (nSPS) is 11.0. The van der Waals surface area contributed by atoms with Crippen LogP contribution in [0.15, 0.2) is 70.3 Å². The summed E-state index contributed by atoms with van der Waals surface area (Å²) in [4.78, 5) is 41.9. The van der Waals surface area contributed by atoms with Crippen LogP contribution in [0.25, 0.3) is 10.9 Å². The third kappa shape index (κ3) is 5.90. The number of carbonyl (C=O) groups is 1. The SMILES string of the molecule is CCCCN(C)C(=O)c1ccc(Cn2c(=O)c3cc(OC)c(OC)cc3n(Cc3cccc(C)c3)c2=O)cc1. The van der Waals surface area contributed by atoms with E-state index in [9.17, 15) is 14.4 Å². The van der Waals surface area contributed by atoms with Crippen LogP contribution in [0.4, 0.5) is 0 Å². The fraction of sp³-hybridized carbons (Fsp3) is 0.323. The van der Waals surface area contributed by atoms with E-state index in [1.807, 2.05) is 31.2 Å². The number of amides is 1. The molecule has 0 atom stereocenters. The van der Waals surface area contributed by atoms with Crippen molar-refractivity contribution in [3.8, 4) is 11.5 Å². The molecule has 3 aromatic carbocycles. The van der Waals surface area contributed by atoms with Gasteiger partial charge < -0.3 is 14.4 Å². The fourth-order valence-electron chi connectivity index (χ4n) is 4.68. The molecule has 0 radical (unpaired) electrons. The molecule has 8 heteroatoms. The molecule has 39 heavy (non-hydrogen) atoms. The number of rotatable bonds is 10. The number of carbonyl (C=O) groups excluding carboxylic acids is 1. The van der Waals surface area contributed by atoms with Crippen molar-refractivity contribution in [1.82, 2.24) is 14.0 Å². The molecule has 0 saturated heterocycles. The van der Waals surface area contributed by atoms with Crippen molar-refractivity contribution in [3.05, 3.63) is 104 Å². The molecule has 0 bridgehead atoms. The van der Waals surface area contributed by atoms with Gasteiger partial charge in [0.15, 0.2) is 11.5 Å². The Labute approximate surface area is 228 Å². The first-order chi connectivity index (χ1) is 18.8. The van der Waals surface area contributed by atoms with Crippen molar-refractivity contribution in [3.63, 3.8) is 0 Å². The zero-order valence-electron chi connectivity index (χ0n) is 23.2. The molecular formula is C31H35N3O5. The molecule has 0 aliphatic rings. The van der Waals surface area contributed by atoms with Crippen LogP contribution in [0.1, 0.15) is 46.8 Å². The minimum Gasteiger partial charge on any atom is -0.493 e. The number of methoxy groups -OCH3 is 2. The third-order valence-electron chi connectivity index (χ3n) is 6.89. The lowest BCUT2D eigenvalue weighted by molar-refractivity contribution is 0.0793. The van der Waals surface area contributed by atoms with Gasteiger partial charge >= 0.3 is 5.69 Å². The lowest BCUT2D eigenvalue weighted by atomic mass is 10.1. The number of hydrogen-bond donors (Lipinski definition) is 0. The maximum absolute atomic E-state index is 13.8. The average Bonchev–Trinajstić information content (AvgIpc) is 2.95. The summed E-state index contributed by atoms with van der Waals surface area (Å²) in [6, 6.07) is 18.3. The zero-order valence-corrected chi connectivity index (χ0v) is 23.2. The quantitative estimate of drug-likeness (QED) is 0.303. The van der Waals surface area contributed by atoms with Gasteiger partial charge in [-0.3, -0.25) is 18.7 Å². The topological polar surface area (TPSA) is 82.8 Å². The Hall–Kier alpha value is -4.33. The minimum atomic E-state index is -0.430. The van der Waals surface area contributed by atoms with Crippen LogP contribution >= 0.6 is 0 Å². The Morgan fingerprint density at radius 2 is 1.54 bits per heavy atom. The zero-order chi connectivity index (χ0) is 28.1. The van der Waals surface area contributed by atoms with E-state index in [1.54, 1.807) is 52.9 Å². The first kappa shape index (κ1) is 27.7. The van der Waals surface area contributed by atoms with Gasteiger partial charge in [-0.2, -0.15) is 0 Å². The van der Waals surface area contributed by atoms with Crippen molar-refractivity contribution in [1.29, 1.82) is 0 Å². The number of aromatic nitrogens is 2. The number of benzene rings is 3. The van der Waals surface area contributed by atoms with Crippen LogP contribution in [0.3, 0.4) is 0 Å². The van der Waals surface area contributed by atoms with Crippen LogP contribution < -0.4 is 20.7 Å². The lowest BCUT2D eigenvalue weighted by Crippen LogP contribution is -2.40. The molecule has 0 spiro atoms. The largest absolute Gasteiger partial charge is 0.493 e. The molecule has 0 aliphatic carbocycles. The van der Waals surface area contributed by atoms with E-state index in [1.165, 1.54) is 18.8 Å². The number of ether oxygens (including phenoxy) is 2. The van der Waals surface area contributed by atoms with Crippen molar-refractivity contribution in [2.24, 2.45) is 0 Å². The van der Waals surface area contributed by atoms with Crippen LogP contribution in [0.2, 0.25) is 0 Å². The van der Waals surface area contributed by atoms with Crippen LogP contribution in [-0.2, 0) is 13.1 Å². The van der Waals surface area contributed by atoms with E-state index in [0.29, 0.717) is 34.5 Å². The average molecular weight is 530 g/mol. The predicted molar refractivity (Wildman–Crippen MR) is 153 cm³/mol. The molecule has 0 saturated carbocycles. The lowest BCUT2D eigenvalue weighted by Gasteiger charge is -2.18. The van der Waals surface area contributed by atoms with Crippen LogP contribution in [0, 0.1) is 6.92 Å². The summed E-state index contributed by atoms with van der Waals surface area (Å²) >= 11 is 0. The number of nitrogens with zero attached hydrogens (tertiary/aromatic N) is 3. The third-order valence-corrected chi connectivity index (χ3v) is 6.89. The van der Waals surface area contributed by atoms with Gasteiger partial charge in [-0.05, 0) is 42.7 Å². The minimum absolute atomic E-state index is 0.0561. The summed E-state index contributed by atoms with van der Waals surface area (Å²) in [5.41, 5.74) is 2.94. The van der Waals surface area contributed by atoms with Crippen LogP contribution in [-0.4, -0.2) is 47.8 Å². The maximum atomic E-state index is 13.8. The van der Waals surface area contributed by atoms with Gasteiger partial charge in [0.05, 0.1) is 38.2 Å². The van der Waals surface area contributed by atoms with E-state index in [0.717, 1.165) is 29.5 Å². The van der Waals surface area contributed by atoms with Crippen molar-refractivity contribution in [2.45, 2.75) is 39.8 Å². The molecule has 1 aromatic heterocycles. The monoisotopic (exact) mass is 529 g/mol. The second-order valence-electron chi connectivity index (χ2n) is 9.75. The molecule has 8 nitrogen and oxygen atoms in total. The Balaban J connectivity index is 1.79. The summed E-state index contributed by atoms with van der Waals surface area (Å²) in [7, 11) is 4.82.